The number of para-hydroxylation sites is 1. The second-order valence-electron chi connectivity index (χ2n) is 7.11. The molecular weight excluding hydrogens is 410 g/mol. The lowest BCUT2D eigenvalue weighted by atomic mass is 10.1. The number of methoxy groups -OCH3 is 1. The SMILES string of the molecule is COc1ccc(C(=O)Oc2ccc(C#Cc3ccc(/C=N/c4ccccc4)cc3)cc2)cc1. The first-order valence-corrected chi connectivity index (χ1v) is 10.4. The van der Waals surface area contributed by atoms with Gasteiger partial charge in [-0.2, -0.15) is 0 Å². The minimum Gasteiger partial charge on any atom is -0.497 e. The monoisotopic (exact) mass is 431 g/mol. The second kappa shape index (κ2) is 10.6. The Morgan fingerprint density at radius 1 is 0.727 bits per heavy atom. The van der Waals surface area contributed by atoms with E-state index in [9.17, 15) is 4.79 Å². The van der Waals surface area contributed by atoms with Gasteiger partial charge in [-0.1, -0.05) is 42.2 Å². The van der Waals surface area contributed by atoms with Crippen molar-refractivity contribution >= 4 is 17.9 Å². The van der Waals surface area contributed by atoms with E-state index in [-0.39, 0.29) is 0 Å². The molecule has 4 aromatic carbocycles. The van der Waals surface area contributed by atoms with Crippen molar-refractivity contribution in [1.82, 2.24) is 0 Å². The van der Waals surface area contributed by atoms with Crippen LogP contribution in [0.4, 0.5) is 5.69 Å². The molecule has 0 aliphatic carbocycles. The number of nitrogens with zero attached hydrogens (tertiary/aromatic N) is 1. The van der Waals surface area contributed by atoms with Crippen LogP contribution in [0.3, 0.4) is 0 Å². The minimum atomic E-state index is -0.424. The van der Waals surface area contributed by atoms with Crippen LogP contribution in [0.2, 0.25) is 0 Å². The molecule has 4 heteroatoms. The maximum absolute atomic E-state index is 12.3. The molecule has 4 aromatic rings. The lowest BCUT2D eigenvalue weighted by Gasteiger charge is -2.05. The van der Waals surface area contributed by atoms with Crippen molar-refractivity contribution in [2.75, 3.05) is 7.11 Å². The third-order valence-electron chi connectivity index (χ3n) is 4.77. The van der Waals surface area contributed by atoms with Crippen LogP contribution >= 0.6 is 0 Å². The lowest BCUT2D eigenvalue weighted by Crippen LogP contribution is -2.08. The summed E-state index contributed by atoms with van der Waals surface area (Å²) in [6.07, 6.45) is 1.83. The third-order valence-corrected chi connectivity index (χ3v) is 4.77. The first-order chi connectivity index (χ1) is 16.2. The van der Waals surface area contributed by atoms with Crippen molar-refractivity contribution in [2.24, 2.45) is 4.99 Å². The largest absolute Gasteiger partial charge is 0.497 e. The Morgan fingerprint density at radius 2 is 1.30 bits per heavy atom. The molecule has 0 saturated heterocycles. The van der Waals surface area contributed by atoms with Crippen LogP contribution in [0, 0.1) is 11.8 Å². The van der Waals surface area contributed by atoms with E-state index >= 15 is 0 Å². The number of hydrogen-bond acceptors (Lipinski definition) is 4. The highest BCUT2D eigenvalue weighted by Crippen LogP contribution is 2.16. The molecule has 0 heterocycles. The summed E-state index contributed by atoms with van der Waals surface area (Å²) in [7, 11) is 1.58. The molecular formula is C29H21NO3. The van der Waals surface area contributed by atoms with Gasteiger partial charge in [0.1, 0.15) is 11.5 Å². The fourth-order valence-electron chi connectivity index (χ4n) is 2.96. The number of rotatable bonds is 5. The molecule has 0 saturated carbocycles. The summed E-state index contributed by atoms with van der Waals surface area (Å²) in [5.41, 5.74) is 4.11. The molecule has 0 fully saturated rings. The van der Waals surface area contributed by atoms with Crippen LogP contribution in [0.15, 0.2) is 108 Å². The molecule has 160 valence electrons. The van der Waals surface area contributed by atoms with E-state index < -0.39 is 5.97 Å². The summed E-state index contributed by atoms with van der Waals surface area (Å²) in [5, 5.41) is 0. The summed E-state index contributed by atoms with van der Waals surface area (Å²) in [6.45, 7) is 0. The predicted octanol–water partition coefficient (Wildman–Crippen LogP) is 6.06. The quantitative estimate of drug-likeness (QED) is 0.167. The fraction of sp³-hybridized carbons (Fsp3) is 0.0345. The molecule has 0 N–H and O–H groups in total. The maximum Gasteiger partial charge on any atom is 0.343 e. The Morgan fingerprint density at radius 3 is 1.91 bits per heavy atom. The molecule has 0 aromatic heterocycles. The van der Waals surface area contributed by atoms with E-state index in [0.717, 1.165) is 22.4 Å². The normalized spacial score (nSPS) is 10.3. The van der Waals surface area contributed by atoms with Crippen molar-refractivity contribution < 1.29 is 14.3 Å². The fourth-order valence-corrected chi connectivity index (χ4v) is 2.96. The maximum atomic E-state index is 12.3. The van der Waals surface area contributed by atoms with Crippen LogP contribution in [0.5, 0.6) is 11.5 Å². The van der Waals surface area contributed by atoms with Gasteiger partial charge in [0, 0.05) is 17.3 Å². The number of esters is 1. The second-order valence-corrected chi connectivity index (χ2v) is 7.11. The number of carbonyl (C=O) groups is 1. The lowest BCUT2D eigenvalue weighted by molar-refractivity contribution is 0.0734. The minimum absolute atomic E-state index is 0.424. The van der Waals surface area contributed by atoms with Crippen molar-refractivity contribution in [3.8, 4) is 23.3 Å². The zero-order chi connectivity index (χ0) is 22.9. The Kier molecular flexibility index (Phi) is 6.95. The van der Waals surface area contributed by atoms with Crippen molar-refractivity contribution in [3.05, 3.63) is 125 Å². The average molecular weight is 431 g/mol. The molecule has 0 spiro atoms. The number of aliphatic imine (C=N–C) groups is 1. The third kappa shape index (κ3) is 6.19. The first kappa shape index (κ1) is 21.6. The molecule has 0 bridgehead atoms. The Bertz CT molecular complexity index is 1300. The van der Waals surface area contributed by atoms with E-state index in [1.807, 2.05) is 72.9 Å². The molecule has 0 aliphatic heterocycles. The average Bonchev–Trinajstić information content (AvgIpc) is 2.88. The van der Waals surface area contributed by atoms with E-state index in [1.54, 1.807) is 43.5 Å². The highest BCUT2D eigenvalue weighted by Gasteiger charge is 2.08. The van der Waals surface area contributed by atoms with Gasteiger partial charge in [-0.3, -0.25) is 4.99 Å². The van der Waals surface area contributed by atoms with E-state index in [4.69, 9.17) is 9.47 Å². The van der Waals surface area contributed by atoms with Gasteiger partial charge in [0.25, 0.3) is 0 Å². The first-order valence-electron chi connectivity index (χ1n) is 10.4. The zero-order valence-electron chi connectivity index (χ0n) is 18.1. The summed E-state index contributed by atoms with van der Waals surface area (Å²) in [6, 6.07) is 31.6. The Balaban J connectivity index is 1.35. The molecule has 4 rings (SSSR count). The molecule has 0 radical (unpaired) electrons. The van der Waals surface area contributed by atoms with Crippen molar-refractivity contribution in [1.29, 1.82) is 0 Å². The van der Waals surface area contributed by atoms with E-state index in [1.165, 1.54) is 0 Å². The number of benzene rings is 4. The van der Waals surface area contributed by atoms with Crippen LogP contribution in [0.1, 0.15) is 27.0 Å². The van der Waals surface area contributed by atoms with Gasteiger partial charge in [0.15, 0.2) is 0 Å². The topological polar surface area (TPSA) is 47.9 Å². The van der Waals surface area contributed by atoms with Crippen LogP contribution in [0.25, 0.3) is 0 Å². The van der Waals surface area contributed by atoms with Crippen molar-refractivity contribution in [2.45, 2.75) is 0 Å². The van der Waals surface area contributed by atoms with Gasteiger partial charge < -0.3 is 9.47 Å². The summed E-state index contributed by atoms with van der Waals surface area (Å²) >= 11 is 0. The smallest absolute Gasteiger partial charge is 0.343 e. The zero-order valence-corrected chi connectivity index (χ0v) is 18.1. The predicted molar refractivity (Wildman–Crippen MR) is 131 cm³/mol. The van der Waals surface area contributed by atoms with E-state index in [2.05, 4.69) is 16.8 Å². The van der Waals surface area contributed by atoms with Gasteiger partial charge >= 0.3 is 5.97 Å². The summed E-state index contributed by atoms with van der Waals surface area (Å²) in [5.74, 6) is 6.99. The van der Waals surface area contributed by atoms with Gasteiger partial charge in [0.2, 0.25) is 0 Å². The molecule has 0 aliphatic rings. The molecule has 0 unspecified atom stereocenters. The molecule has 0 atom stereocenters. The highest BCUT2D eigenvalue weighted by atomic mass is 16.5. The van der Waals surface area contributed by atoms with Gasteiger partial charge in [0.05, 0.1) is 18.4 Å². The van der Waals surface area contributed by atoms with E-state index in [0.29, 0.717) is 17.1 Å². The summed E-state index contributed by atoms with van der Waals surface area (Å²) < 4.78 is 10.5. The van der Waals surface area contributed by atoms with Crippen LogP contribution in [-0.2, 0) is 0 Å². The highest BCUT2D eigenvalue weighted by molar-refractivity contribution is 5.91. The summed E-state index contributed by atoms with van der Waals surface area (Å²) in [4.78, 5) is 16.7. The van der Waals surface area contributed by atoms with Crippen molar-refractivity contribution in [3.63, 3.8) is 0 Å². The van der Waals surface area contributed by atoms with Gasteiger partial charge in [-0.05, 0) is 78.4 Å². The molecule has 4 nitrogen and oxygen atoms in total. The molecule has 0 amide bonds. The Hall–Kier alpha value is -4.62. The van der Waals surface area contributed by atoms with Crippen LogP contribution in [-0.4, -0.2) is 19.3 Å². The number of ether oxygens (including phenoxy) is 2. The molecule has 33 heavy (non-hydrogen) atoms. The Labute approximate surface area is 193 Å². The standard InChI is InChI=1S/C29H21NO3/c1-32-27-19-15-25(16-20-27)29(31)33-28-17-13-23(14-18-28)8-7-22-9-11-24(12-10-22)21-30-26-5-3-2-4-6-26/h2-6,9-21H,1H3/b30-21+. The number of hydrogen-bond donors (Lipinski definition) is 0. The number of carbonyl (C=O) groups excluding carboxylic acids is 1. The van der Waals surface area contributed by atoms with Crippen LogP contribution < -0.4 is 9.47 Å². The van der Waals surface area contributed by atoms with Gasteiger partial charge in [-0.25, -0.2) is 4.79 Å². The van der Waals surface area contributed by atoms with Gasteiger partial charge in [-0.15, -0.1) is 0 Å².